The van der Waals surface area contributed by atoms with Gasteiger partial charge >= 0.3 is 10.2 Å². The number of phenolic OH excluding ortho intramolecular Hbond substituents is 1. The molecule has 0 spiro atoms. The molecule has 0 amide bonds. The van der Waals surface area contributed by atoms with Gasteiger partial charge in [0, 0.05) is 12.6 Å². The van der Waals surface area contributed by atoms with Gasteiger partial charge in [0.2, 0.25) is 15.9 Å². The highest BCUT2D eigenvalue weighted by atomic mass is 32.2. The average molecular weight is 528 g/mol. The molecule has 11 heteroatoms. The number of benzene rings is 3. The molecule has 36 heavy (non-hydrogen) atoms. The summed E-state index contributed by atoms with van der Waals surface area (Å²) in [5.74, 6) is -0.817. The topological polar surface area (TPSA) is 127 Å². The van der Waals surface area contributed by atoms with E-state index in [1.54, 1.807) is 40.7 Å². The molecule has 0 saturated carbocycles. The largest absolute Gasteiger partial charge is 0.506 e. The van der Waals surface area contributed by atoms with Crippen LogP contribution in [0.4, 0.5) is 5.69 Å². The molecule has 0 fully saturated rings. The molecule has 3 aromatic rings. The predicted octanol–water partition coefficient (Wildman–Crippen LogP) is 3.15. The normalized spacial score (nSPS) is 19.4. The average Bonchev–Trinajstić information content (AvgIpc) is 3.14. The van der Waals surface area contributed by atoms with E-state index in [2.05, 4.69) is 0 Å². The molecule has 1 unspecified atom stereocenters. The van der Waals surface area contributed by atoms with Crippen LogP contribution in [-0.4, -0.2) is 37.4 Å². The second kappa shape index (κ2) is 9.16. The maximum atomic E-state index is 13.5. The lowest BCUT2D eigenvalue weighted by Crippen LogP contribution is -2.44. The fourth-order valence-electron chi connectivity index (χ4n) is 4.65. The SMILES string of the molecule is O=S1(=O)NC(O)=CN1c1ccc(CCC2Cc3ccccc3CN2S(=O)(=O)c2ccccc2)cc1O. The molecule has 2 aliphatic rings. The summed E-state index contributed by atoms with van der Waals surface area (Å²) in [5, 5.41) is 20.0. The summed E-state index contributed by atoms with van der Waals surface area (Å²) in [7, 11) is -7.75. The highest BCUT2D eigenvalue weighted by Gasteiger charge is 2.35. The van der Waals surface area contributed by atoms with Crippen molar-refractivity contribution in [2.45, 2.75) is 36.7 Å². The van der Waals surface area contributed by atoms with Gasteiger partial charge in [0.25, 0.3) is 0 Å². The van der Waals surface area contributed by atoms with E-state index in [4.69, 9.17) is 0 Å². The van der Waals surface area contributed by atoms with E-state index in [0.717, 1.165) is 27.2 Å². The Balaban J connectivity index is 1.40. The number of fused-ring (bicyclic) bond motifs is 1. The zero-order chi connectivity index (χ0) is 25.5. The van der Waals surface area contributed by atoms with Gasteiger partial charge in [-0.05, 0) is 60.2 Å². The monoisotopic (exact) mass is 527 g/mol. The number of hydrogen-bond donors (Lipinski definition) is 3. The summed E-state index contributed by atoms with van der Waals surface area (Å²) in [6.07, 6.45) is 2.50. The van der Waals surface area contributed by atoms with Crippen molar-refractivity contribution >= 4 is 25.9 Å². The number of nitrogens with zero attached hydrogens (tertiary/aromatic N) is 2. The van der Waals surface area contributed by atoms with Crippen LogP contribution in [0.5, 0.6) is 5.75 Å². The van der Waals surface area contributed by atoms with Crippen LogP contribution in [0.15, 0.2) is 89.8 Å². The van der Waals surface area contributed by atoms with E-state index in [1.165, 1.54) is 12.1 Å². The van der Waals surface area contributed by atoms with Crippen molar-refractivity contribution in [2.24, 2.45) is 0 Å². The standard InChI is InChI=1S/C25H25N3O6S2/c29-24-14-18(11-13-23(24)28-17-25(30)26-36(28,33)34)10-12-21-15-19-6-4-5-7-20(19)16-27(21)35(31,32)22-8-2-1-3-9-22/h1-9,11,13-14,17,21,26,29-30H,10,12,15-16H2. The Hall–Kier alpha value is -3.54. The molecule has 0 aromatic heterocycles. The summed E-state index contributed by atoms with van der Waals surface area (Å²) in [4.78, 5) is 0.244. The van der Waals surface area contributed by atoms with Crippen molar-refractivity contribution in [2.75, 3.05) is 4.31 Å². The number of aryl methyl sites for hydroxylation is 1. The number of aliphatic hydroxyl groups excluding tert-OH is 1. The Morgan fingerprint density at radius 2 is 1.64 bits per heavy atom. The van der Waals surface area contributed by atoms with Crippen molar-refractivity contribution in [3.8, 4) is 5.75 Å². The maximum Gasteiger partial charge on any atom is 0.330 e. The third kappa shape index (κ3) is 4.52. The van der Waals surface area contributed by atoms with Gasteiger partial charge in [-0.1, -0.05) is 48.5 Å². The number of aliphatic hydroxyl groups is 1. The van der Waals surface area contributed by atoms with Crippen molar-refractivity contribution in [3.05, 3.63) is 102 Å². The van der Waals surface area contributed by atoms with Crippen LogP contribution in [0.25, 0.3) is 0 Å². The second-order valence-electron chi connectivity index (χ2n) is 8.77. The zero-order valence-corrected chi connectivity index (χ0v) is 20.8. The van der Waals surface area contributed by atoms with Crippen molar-refractivity contribution in [3.63, 3.8) is 0 Å². The number of rotatable bonds is 6. The lowest BCUT2D eigenvalue weighted by Gasteiger charge is -2.36. The molecule has 9 nitrogen and oxygen atoms in total. The molecule has 0 bridgehead atoms. The summed E-state index contributed by atoms with van der Waals surface area (Å²) >= 11 is 0. The lowest BCUT2D eigenvalue weighted by atomic mass is 9.92. The van der Waals surface area contributed by atoms with Crippen LogP contribution >= 0.6 is 0 Å². The van der Waals surface area contributed by atoms with Gasteiger partial charge in [0.1, 0.15) is 11.4 Å². The van der Waals surface area contributed by atoms with Gasteiger partial charge in [-0.25, -0.2) is 17.4 Å². The highest BCUT2D eigenvalue weighted by Crippen LogP contribution is 2.34. The molecule has 0 radical (unpaired) electrons. The molecular formula is C25H25N3O6S2. The molecule has 188 valence electrons. The Bertz CT molecular complexity index is 1540. The molecular weight excluding hydrogens is 502 g/mol. The third-order valence-electron chi connectivity index (χ3n) is 6.43. The Morgan fingerprint density at radius 3 is 2.31 bits per heavy atom. The Kier molecular flexibility index (Phi) is 6.15. The fraction of sp³-hybridized carbons (Fsp3) is 0.200. The van der Waals surface area contributed by atoms with E-state index in [9.17, 15) is 27.0 Å². The number of sulfonamides is 1. The van der Waals surface area contributed by atoms with E-state index in [1.807, 2.05) is 29.0 Å². The molecule has 0 saturated heterocycles. The smallest absolute Gasteiger partial charge is 0.330 e. The summed E-state index contributed by atoms with van der Waals surface area (Å²) < 4.78 is 55.6. The zero-order valence-electron chi connectivity index (χ0n) is 19.1. The van der Waals surface area contributed by atoms with E-state index >= 15 is 0 Å². The molecule has 2 heterocycles. The number of aromatic hydroxyl groups is 1. The van der Waals surface area contributed by atoms with Gasteiger partial charge in [0.05, 0.1) is 11.1 Å². The summed E-state index contributed by atoms with van der Waals surface area (Å²) in [5.41, 5.74) is 2.81. The minimum absolute atomic E-state index is 0.00447. The van der Waals surface area contributed by atoms with Crippen molar-refractivity contribution in [1.29, 1.82) is 0 Å². The van der Waals surface area contributed by atoms with Crippen molar-refractivity contribution in [1.82, 2.24) is 9.03 Å². The second-order valence-corrected chi connectivity index (χ2v) is 12.2. The maximum absolute atomic E-state index is 13.5. The highest BCUT2D eigenvalue weighted by molar-refractivity contribution is 7.91. The molecule has 1 atom stereocenters. The minimum Gasteiger partial charge on any atom is -0.506 e. The van der Waals surface area contributed by atoms with E-state index < -0.39 is 26.1 Å². The van der Waals surface area contributed by atoms with Crippen molar-refractivity contribution < 1.29 is 27.0 Å². The quantitative estimate of drug-likeness (QED) is 0.452. The van der Waals surface area contributed by atoms with Gasteiger partial charge in [-0.15, -0.1) is 0 Å². The molecule has 5 rings (SSSR count). The van der Waals surface area contributed by atoms with Gasteiger partial charge < -0.3 is 10.2 Å². The fourth-order valence-corrected chi connectivity index (χ4v) is 7.37. The Labute approximate surface area is 210 Å². The van der Waals surface area contributed by atoms with E-state index in [-0.39, 0.29) is 28.9 Å². The summed E-state index contributed by atoms with van der Waals surface area (Å²) in [6.45, 7) is 0.276. The van der Waals surface area contributed by atoms with Gasteiger partial charge in [0.15, 0.2) is 0 Å². The van der Waals surface area contributed by atoms with E-state index in [0.29, 0.717) is 19.3 Å². The number of anilines is 1. The van der Waals surface area contributed by atoms with Crippen LogP contribution in [-0.2, 0) is 39.6 Å². The lowest BCUT2D eigenvalue weighted by molar-refractivity contribution is 0.278. The first-order valence-corrected chi connectivity index (χ1v) is 14.2. The number of hydrogen-bond acceptors (Lipinski definition) is 6. The van der Waals surface area contributed by atoms with Gasteiger partial charge in [-0.2, -0.15) is 12.7 Å². The first-order valence-electron chi connectivity index (χ1n) is 11.3. The Morgan fingerprint density at radius 1 is 0.944 bits per heavy atom. The van der Waals surface area contributed by atoms with Crippen LogP contribution in [0.3, 0.4) is 0 Å². The van der Waals surface area contributed by atoms with Gasteiger partial charge in [-0.3, -0.25) is 0 Å². The first kappa shape index (κ1) is 24.2. The van der Waals surface area contributed by atoms with Crippen LogP contribution < -0.4 is 9.03 Å². The first-order chi connectivity index (χ1) is 17.1. The third-order valence-corrected chi connectivity index (χ3v) is 9.63. The molecule has 3 aromatic carbocycles. The molecule has 2 aliphatic heterocycles. The molecule has 3 N–H and O–H groups in total. The minimum atomic E-state index is -4.03. The predicted molar refractivity (Wildman–Crippen MR) is 135 cm³/mol. The van der Waals surface area contributed by atoms with Crippen LogP contribution in [0, 0.1) is 0 Å². The molecule has 0 aliphatic carbocycles. The summed E-state index contributed by atoms with van der Waals surface area (Å²) in [6, 6.07) is 20.5. The number of nitrogens with one attached hydrogen (secondary N) is 1. The van der Waals surface area contributed by atoms with Crippen LogP contribution in [0.1, 0.15) is 23.1 Å². The number of phenols is 1. The van der Waals surface area contributed by atoms with Crippen LogP contribution in [0.2, 0.25) is 0 Å².